The number of aromatic nitrogens is 3. The lowest BCUT2D eigenvalue weighted by Crippen LogP contribution is -2.18. The van der Waals surface area contributed by atoms with Crippen molar-refractivity contribution in [3.8, 4) is 0 Å². The van der Waals surface area contributed by atoms with E-state index < -0.39 is 11.6 Å². The molecule has 0 saturated carbocycles. The van der Waals surface area contributed by atoms with Crippen LogP contribution in [0, 0.1) is 11.6 Å². The van der Waals surface area contributed by atoms with Crippen LogP contribution in [0.15, 0.2) is 24.5 Å². The monoisotopic (exact) mass is 252 g/mol. The quantitative estimate of drug-likeness (QED) is 0.818. The smallest absolute Gasteiger partial charge is 0.133 e. The van der Waals surface area contributed by atoms with Crippen molar-refractivity contribution >= 4 is 0 Å². The van der Waals surface area contributed by atoms with E-state index in [1.807, 2.05) is 11.6 Å². The summed E-state index contributed by atoms with van der Waals surface area (Å²) in [5.41, 5.74) is 0.453. The Morgan fingerprint density at radius 3 is 2.83 bits per heavy atom. The average molecular weight is 252 g/mol. The maximum Gasteiger partial charge on any atom is 0.133 e. The minimum absolute atomic E-state index is 0.365. The molecule has 2 rings (SSSR count). The van der Waals surface area contributed by atoms with Crippen LogP contribution in [0.25, 0.3) is 0 Å². The zero-order valence-electron chi connectivity index (χ0n) is 10.0. The second kappa shape index (κ2) is 5.68. The lowest BCUT2D eigenvalue weighted by molar-refractivity contribution is 0.559. The molecule has 2 aromatic rings. The summed E-state index contributed by atoms with van der Waals surface area (Å²) in [6.45, 7) is 1.02. The number of nitrogens with one attached hydrogen (secondary N) is 1. The summed E-state index contributed by atoms with van der Waals surface area (Å²) < 4.78 is 27.8. The number of hydrogen-bond donors (Lipinski definition) is 1. The Balaban J connectivity index is 1.80. The molecule has 0 saturated heterocycles. The molecule has 0 aliphatic heterocycles. The number of benzene rings is 1. The molecule has 1 heterocycles. The first-order valence-corrected chi connectivity index (χ1v) is 5.64. The molecule has 4 nitrogen and oxygen atoms in total. The van der Waals surface area contributed by atoms with E-state index in [2.05, 4.69) is 15.5 Å². The van der Waals surface area contributed by atoms with Gasteiger partial charge in [-0.05, 0) is 6.07 Å². The van der Waals surface area contributed by atoms with Gasteiger partial charge in [0.05, 0.1) is 0 Å². The van der Waals surface area contributed by atoms with Crippen molar-refractivity contribution in [1.29, 1.82) is 0 Å². The first-order chi connectivity index (χ1) is 8.66. The van der Waals surface area contributed by atoms with E-state index in [9.17, 15) is 8.78 Å². The number of halogens is 2. The Bertz CT molecular complexity index is 525. The van der Waals surface area contributed by atoms with Crippen molar-refractivity contribution in [1.82, 2.24) is 20.1 Å². The van der Waals surface area contributed by atoms with Gasteiger partial charge in [-0.15, -0.1) is 10.2 Å². The number of nitrogens with zero attached hydrogens (tertiary/aromatic N) is 3. The van der Waals surface area contributed by atoms with Crippen LogP contribution >= 0.6 is 0 Å². The normalized spacial score (nSPS) is 10.8. The highest BCUT2D eigenvalue weighted by Crippen LogP contribution is 2.08. The average Bonchev–Trinajstić information content (AvgIpc) is 2.73. The summed E-state index contributed by atoms with van der Waals surface area (Å²) in [5, 5.41) is 10.8. The van der Waals surface area contributed by atoms with E-state index in [1.54, 1.807) is 6.33 Å². The fraction of sp³-hybridized carbons (Fsp3) is 0.333. The Kier molecular flexibility index (Phi) is 3.99. The molecule has 0 atom stereocenters. The van der Waals surface area contributed by atoms with E-state index >= 15 is 0 Å². The summed E-state index contributed by atoms with van der Waals surface area (Å²) in [6.07, 6.45) is 2.34. The molecule has 0 spiro atoms. The highest BCUT2D eigenvalue weighted by atomic mass is 19.1. The minimum Gasteiger partial charge on any atom is -0.321 e. The van der Waals surface area contributed by atoms with Crippen molar-refractivity contribution in [3.05, 3.63) is 47.5 Å². The zero-order chi connectivity index (χ0) is 13.0. The van der Waals surface area contributed by atoms with E-state index in [0.29, 0.717) is 25.1 Å². The molecule has 18 heavy (non-hydrogen) atoms. The number of rotatable bonds is 5. The molecule has 6 heteroatoms. The number of hydrogen-bond acceptors (Lipinski definition) is 3. The van der Waals surface area contributed by atoms with Crippen LogP contribution in [-0.2, 0) is 20.0 Å². The highest BCUT2D eigenvalue weighted by Gasteiger charge is 2.04. The summed E-state index contributed by atoms with van der Waals surface area (Å²) in [7, 11) is 1.87. The van der Waals surface area contributed by atoms with Crippen LogP contribution in [0.4, 0.5) is 8.78 Å². The van der Waals surface area contributed by atoms with Gasteiger partial charge in [0.15, 0.2) is 0 Å². The van der Waals surface area contributed by atoms with Crippen molar-refractivity contribution in [3.63, 3.8) is 0 Å². The fourth-order valence-electron chi connectivity index (χ4n) is 1.62. The SMILES string of the molecule is Cn1cnnc1CCNCc1ccc(F)cc1F. The molecule has 0 aliphatic carbocycles. The third-order valence-electron chi connectivity index (χ3n) is 2.66. The standard InChI is InChI=1S/C12H14F2N4/c1-18-8-16-17-12(18)4-5-15-7-9-2-3-10(13)6-11(9)14/h2-3,6,8,15H,4-5,7H2,1H3. The predicted molar refractivity (Wildman–Crippen MR) is 62.8 cm³/mol. The van der Waals surface area contributed by atoms with Crippen molar-refractivity contribution < 1.29 is 8.78 Å². The molecule has 0 fully saturated rings. The van der Waals surface area contributed by atoms with E-state index in [1.165, 1.54) is 12.1 Å². The van der Waals surface area contributed by atoms with Gasteiger partial charge in [0.2, 0.25) is 0 Å². The Morgan fingerprint density at radius 2 is 2.17 bits per heavy atom. The van der Waals surface area contributed by atoms with Crippen molar-refractivity contribution in [2.75, 3.05) is 6.54 Å². The molecule has 1 N–H and O–H groups in total. The summed E-state index contributed by atoms with van der Waals surface area (Å²) in [4.78, 5) is 0. The third kappa shape index (κ3) is 3.10. The molecule has 0 aliphatic rings. The van der Waals surface area contributed by atoms with E-state index in [4.69, 9.17) is 0 Å². The highest BCUT2D eigenvalue weighted by molar-refractivity contribution is 5.18. The van der Waals surface area contributed by atoms with Crippen LogP contribution < -0.4 is 5.32 Å². The maximum atomic E-state index is 13.3. The Labute approximate surface area is 104 Å². The van der Waals surface area contributed by atoms with Gasteiger partial charge < -0.3 is 9.88 Å². The summed E-state index contributed by atoms with van der Waals surface area (Å²) in [5.74, 6) is -0.224. The van der Waals surface area contributed by atoms with Gasteiger partial charge in [-0.2, -0.15) is 0 Å². The molecule has 0 amide bonds. The zero-order valence-corrected chi connectivity index (χ0v) is 10.0. The van der Waals surface area contributed by atoms with Crippen molar-refractivity contribution in [2.45, 2.75) is 13.0 Å². The van der Waals surface area contributed by atoms with Crippen LogP contribution in [0.5, 0.6) is 0 Å². The molecule has 0 radical (unpaired) electrons. The van der Waals surface area contributed by atoms with Gasteiger partial charge in [0, 0.05) is 38.2 Å². The van der Waals surface area contributed by atoms with Gasteiger partial charge >= 0.3 is 0 Å². The Morgan fingerprint density at radius 1 is 1.33 bits per heavy atom. The third-order valence-corrected chi connectivity index (χ3v) is 2.66. The maximum absolute atomic E-state index is 13.3. The second-order valence-electron chi connectivity index (χ2n) is 4.02. The predicted octanol–water partition coefficient (Wildman–Crippen LogP) is 1.43. The first kappa shape index (κ1) is 12.6. The van der Waals surface area contributed by atoms with E-state index in [0.717, 1.165) is 11.9 Å². The molecule has 1 aromatic carbocycles. The van der Waals surface area contributed by atoms with Gasteiger partial charge in [0.1, 0.15) is 23.8 Å². The molecule has 1 aromatic heterocycles. The fourth-order valence-corrected chi connectivity index (χ4v) is 1.62. The lowest BCUT2D eigenvalue weighted by Gasteiger charge is -2.05. The largest absolute Gasteiger partial charge is 0.321 e. The van der Waals surface area contributed by atoms with Crippen LogP contribution in [0.3, 0.4) is 0 Å². The first-order valence-electron chi connectivity index (χ1n) is 5.64. The molecule has 96 valence electrons. The lowest BCUT2D eigenvalue weighted by atomic mass is 10.2. The van der Waals surface area contributed by atoms with Crippen LogP contribution in [-0.4, -0.2) is 21.3 Å². The molecular formula is C12H14F2N4. The number of aryl methyl sites for hydroxylation is 1. The van der Waals surface area contributed by atoms with Crippen LogP contribution in [0.2, 0.25) is 0 Å². The second-order valence-corrected chi connectivity index (χ2v) is 4.02. The van der Waals surface area contributed by atoms with Gasteiger partial charge in [-0.3, -0.25) is 0 Å². The summed E-state index contributed by atoms with van der Waals surface area (Å²) >= 11 is 0. The van der Waals surface area contributed by atoms with Crippen LogP contribution in [0.1, 0.15) is 11.4 Å². The topological polar surface area (TPSA) is 42.7 Å². The Hall–Kier alpha value is -1.82. The van der Waals surface area contributed by atoms with Gasteiger partial charge in [-0.25, -0.2) is 8.78 Å². The molecule has 0 unspecified atom stereocenters. The van der Waals surface area contributed by atoms with Gasteiger partial charge in [-0.1, -0.05) is 6.07 Å². The van der Waals surface area contributed by atoms with E-state index in [-0.39, 0.29) is 0 Å². The summed E-state index contributed by atoms with van der Waals surface area (Å²) in [6, 6.07) is 3.59. The molecular weight excluding hydrogens is 238 g/mol. The minimum atomic E-state index is -0.560. The molecule has 0 bridgehead atoms. The van der Waals surface area contributed by atoms with Crippen molar-refractivity contribution in [2.24, 2.45) is 7.05 Å². The van der Waals surface area contributed by atoms with Gasteiger partial charge in [0.25, 0.3) is 0 Å².